The molecule has 0 aromatic carbocycles. The quantitative estimate of drug-likeness (QED) is 0.477. The lowest BCUT2D eigenvalue weighted by atomic mass is 10.3. The molecule has 0 aliphatic carbocycles. The zero-order chi connectivity index (χ0) is 17.9. The summed E-state index contributed by atoms with van der Waals surface area (Å²) in [7, 11) is 0. The molecule has 7 nitrogen and oxygen atoms in total. The Hall–Kier alpha value is -2.96. The van der Waals surface area contributed by atoms with Crippen molar-refractivity contribution in [1.29, 1.82) is 0 Å². The topological polar surface area (TPSA) is 104 Å². The minimum atomic E-state index is 0. The summed E-state index contributed by atoms with van der Waals surface area (Å²) in [6.07, 6.45) is 3.32. The molecule has 0 radical (unpaired) electrons. The maximum Gasteiger partial charge on any atom is 0.259 e. The van der Waals surface area contributed by atoms with E-state index in [2.05, 4.69) is 20.3 Å². The summed E-state index contributed by atoms with van der Waals surface area (Å²) in [6, 6.07) is 7.41. The Balaban J connectivity index is 0.000000373. The Morgan fingerprint density at radius 3 is 1.80 bits per heavy atom. The monoisotopic (exact) mass is 345 g/mol. The number of aromatic nitrogens is 4. The highest BCUT2D eigenvalue weighted by Crippen LogP contribution is 2.16. The zero-order valence-electron chi connectivity index (χ0n) is 14.6. The van der Waals surface area contributed by atoms with Crippen LogP contribution in [0.5, 0.6) is 0 Å². The third kappa shape index (κ3) is 5.56. The Bertz CT molecular complexity index is 783. The number of aryl methyl sites for hydroxylation is 1. The summed E-state index contributed by atoms with van der Waals surface area (Å²) < 4.78 is 9.65. The van der Waals surface area contributed by atoms with Gasteiger partial charge >= 0.3 is 0 Å². The van der Waals surface area contributed by atoms with E-state index in [1.807, 2.05) is 52.8 Å². The van der Waals surface area contributed by atoms with Gasteiger partial charge < -0.3 is 14.8 Å². The number of nitrogens with zero attached hydrogens (tertiary/aromatic N) is 4. The molecule has 4 rings (SSSR count). The van der Waals surface area contributed by atoms with Crippen molar-refractivity contribution in [2.24, 2.45) is 0 Å². The van der Waals surface area contributed by atoms with Crippen LogP contribution in [0.2, 0.25) is 0 Å². The average Bonchev–Trinajstić information content (AvgIpc) is 3.23. The van der Waals surface area contributed by atoms with Gasteiger partial charge in [-0.3, -0.25) is 0 Å². The summed E-state index contributed by atoms with van der Waals surface area (Å²) in [5.41, 5.74) is 7.42. The standard InChI is InChI=1S/C7H6N2O.C6H5N3O.2C2H6.CH4/c1-5-6-3-2-4-8-7(6)10-9-5;7-5-4-2-1-3-8-6(4)10-9-5;2*1-2;/h2-4H,1H3;1-3H,(H2,7,9);2*1-2H3;1H4. The molecule has 0 aliphatic rings. The number of nitrogens with two attached hydrogens (primary N) is 1. The third-order valence-electron chi connectivity index (χ3n) is 2.71. The van der Waals surface area contributed by atoms with Crippen LogP contribution in [0.3, 0.4) is 0 Å². The van der Waals surface area contributed by atoms with Crippen LogP contribution in [0.15, 0.2) is 45.7 Å². The Morgan fingerprint density at radius 2 is 1.28 bits per heavy atom. The molecule has 0 saturated carbocycles. The molecule has 0 fully saturated rings. The number of pyridine rings is 2. The van der Waals surface area contributed by atoms with Crippen LogP contribution in [-0.2, 0) is 0 Å². The molecule has 0 amide bonds. The van der Waals surface area contributed by atoms with Gasteiger partial charge in [0.2, 0.25) is 0 Å². The molecule has 0 spiro atoms. The highest BCUT2D eigenvalue weighted by atomic mass is 16.5. The van der Waals surface area contributed by atoms with Crippen molar-refractivity contribution in [2.45, 2.75) is 42.0 Å². The van der Waals surface area contributed by atoms with Gasteiger partial charge in [0.05, 0.1) is 16.5 Å². The van der Waals surface area contributed by atoms with Gasteiger partial charge in [-0.2, -0.15) is 0 Å². The van der Waals surface area contributed by atoms with E-state index in [-0.39, 0.29) is 7.43 Å². The molecule has 25 heavy (non-hydrogen) atoms. The first kappa shape index (κ1) is 22.0. The van der Waals surface area contributed by atoms with Gasteiger partial charge in [0, 0.05) is 12.4 Å². The summed E-state index contributed by atoms with van der Waals surface area (Å²) in [6.45, 7) is 9.90. The highest BCUT2D eigenvalue weighted by Gasteiger charge is 2.02. The summed E-state index contributed by atoms with van der Waals surface area (Å²) in [5.74, 6) is 0.392. The molecule has 7 heteroatoms. The van der Waals surface area contributed by atoms with Crippen LogP contribution in [0.1, 0.15) is 40.8 Å². The molecule has 4 aromatic heterocycles. The molecule has 4 heterocycles. The number of hydrogen-bond acceptors (Lipinski definition) is 7. The molecular weight excluding hydrogens is 318 g/mol. The normalized spacial score (nSPS) is 8.84. The van der Waals surface area contributed by atoms with E-state index in [0.29, 0.717) is 17.2 Å². The smallest absolute Gasteiger partial charge is 0.259 e. The van der Waals surface area contributed by atoms with E-state index in [9.17, 15) is 0 Å². The van der Waals surface area contributed by atoms with Crippen molar-refractivity contribution in [3.05, 3.63) is 42.4 Å². The van der Waals surface area contributed by atoms with Gasteiger partial charge in [-0.15, -0.1) is 0 Å². The maximum absolute atomic E-state index is 5.43. The summed E-state index contributed by atoms with van der Waals surface area (Å²) in [5, 5.41) is 9.05. The van der Waals surface area contributed by atoms with E-state index in [4.69, 9.17) is 14.8 Å². The first-order valence-corrected chi connectivity index (χ1v) is 7.88. The second kappa shape index (κ2) is 11.6. The lowest BCUT2D eigenvalue weighted by Crippen LogP contribution is -1.82. The van der Waals surface area contributed by atoms with Crippen LogP contribution in [0.4, 0.5) is 5.82 Å². The van der Waals surface area contributed by atoms with Crippen LogP contribution in [-0.4, -0.2) is 20.3 Å². The molecule has 4 aromatic rings. The Kier molecular flexibility index (Phi) is 10.2. The first-order valence-electron chi connectivity index (χ1n) is 7.88. The van der Waals surface area contributed by atoms with Crippen LogP contribution < -0.4 is 5.73 Å². The fraction of sp³-hybridized carbons (Fsp3) is 0.333. The molecule has 0 saturated heterocycles. The molecule has 0 aliphatic heterocycles. The van der Waals surface area contributed by atoms with Gasteiger partial charge in [-0.1, -0.05) is 45.4 Å². The first-order chi connectivity index (χ1) is 11.8. The predicted molar refractivity (Wildman–Crippen MR) is 102 cm³/mol. The average molecular weight is 345 g/mol. The Labute approximate surface area is 148 Å². The minimum absolute atomic E-state index is 0. The van der Waals surface area contributed by atoms with Crippen molar-refractivity contribution < 1.29 is 9.05 Å². The molecule has 136 valence electrons. The van der Waals surface area contributed by atoms with E-state index in [0.717, 1.165) is 16.5 Å². The van der Waals surface area contributed by atoms with Gasteiger partial charge in [-0.05, 0) is 31.2 Å². The second-order valence-electron chi connectivity index (χ2n) is 4.05. The number of hydrogen-bond donors (Lipinski definition) is 1. The van der Waals surface area contributed by atoms with Crippen molar-refractivity contribution in [2.75, 3.05) is 5.73 Å². The van der Waals surface area contributed by atoms with E-state index < -0.39 is 0 Å². The highest BCUT2D eigenvalue weighted by molar-refractivity contribution is 5.83. The SMILES string of the molecule is C.CC.CC.Cc1noc2ncccc12.Nc1noc2ncccc12. The Morgan fingerprint density at radius 1 is 0.800 bits per heavy atom. The lowest BCUT2D eigenvalue weighted by Gasteiger charge is -1.81. The van der Waals surface area contributed by atoms with E-state index in [1.165, 1.54) is 0 Å². The molecule has 0 bridgehead atoms. The van der Waals surface area contributed by atoms with Gasteiger partial charge in [0.25, 0.3) is 11.4 Å². The van der Waals surface area contributed by atoms with Crippen molar-refractivity contribution in [1.82, 2.24) is 20.3 Å². The number of rotatable bonds is 0. The summed E-state index contributed by atoms with van der Waals surface area (Å²) in [4.78, 5) is 7.87. The number of nitrogen functional groups attached to an aromatic ring is 1. The van der Waals surface area contributed by atoms with Crippen molar-refractivity contribution in [3.63, 3.8) is 0 Å². The predicted octanol–water partition coefficient (Wildman–Crippen LogP) is 5.02. The number of anilines is 1. The van der Waals surface area contributed by atoms with Crippen LogP contribution >= 0.6 is 0 Å². The molecule has 0 unspecified atom stereocenters. The third-order valence-corrected chi connectivity index (χ3v) is 2.71. The molecular formula is C18H27N5O2. The van der Waals surface area contributed by atoms with Gasteiger partial charge in [0.15, 0.2) is 5.82 Å². The second-order valence-corrected chi connectivity index (χ2v) is 4.05. The minimum Gasteiger partial charge on any atom is -0.380 e. The van der Waals surface area contributed by atoms with Crippen molar-refractivity contribution in [3.8, 4) is 0 Å². The van der Waals surface area contributed by atoms with Gasteiger partial charge in [0.1, 0.15) is 0 Å². The van der Waals surface area contributed by atoms with E-state index in [1.54, 1.807) is 18.5 Å². The fourth-order valence-electron chi connectivity index (χ4n) is 1.70. The van der Waals surface area contributed by atoms with E-state index >= 15 is 0 Å². The largest absolute Gasteiger partial charge is 0.380 e. The lowest BCUT2D eigenvalue weighted by molar-refractivity contribution is 0.443. The van der Waals surface area contributed by atoms with Crippen LogP contribution in [0, 0.1) is 6.92 Å². The maximum atomic E-state index is 5.43. The van der Waals surface area contributed by atoms with Gasteiger partial charge in [-0.25, -0.2) is 9.97 Å². The summed E-state index contributed by atoms with van der Waals surface area (Å²) >= 11 is 0. The molecule has 2 N–H and O–H groups in total. The van der Waals surface area contributed by atoms with Crippen LogP contribution in [0.25, 0.3) is 22.2 Å². The molecule has 0 atom stereocenters. The fourth-order valence-corrected chi connectivity index (χ4v) is 1.70. The zero-order valence-corrected chi connectivity index (χ0v) is 14.6. The number of fused-ring (bicyclic) bond motifs is 2. The van der Waals surface area contributed by atoms with Crippen molar-refractivity contribution >= 4 is 28.0 Å².